The van der Waals surface area contributed by atoms with E-state index in [-0.39, 0.29) is 18.9 Å². The highest BCUT2D eigenvalue weighted by Gasteiger charge is 2.25. The summed E-state index contributed by atoms with van der Waals surface area (Å²) < 4.78 is 5.42. The molecule has 0 spiro atoms. The van der Waals surface area contributed by atoms with Gasteiger partial charge in [-0.15, -0.1) is 0 Å². The van der Waals surface area contributed by atoms with Crippen molar-refractivity contribution < 1.29 is 19.9 Å². The number of hydrogen-bond donors (Lipinski definition) is 3. The third-order valence-electron chi connectivity index (χ3n) is 3.20. The van der Waals surface area contributed by atoms with E-state index in [1.165, 1.54) is 24.3 Å². The Morgan fingerprint density at radius 1 is 1.30 bits per heavy atom. The third kappa shape index (κ3) is 4.44. The van der Waals surface area contributed by atoms with Crippen LogP contribution in [0.15, 0.2) is 24.3 Å². The van der Waals surface area contributed by atoms with Gasteiger partial charge >= 0.3 is 0 Å². The number of nitrogens with zero attached hydrogens (tertiary/aromatic N) is 1. The predicted octanol–water partition coefficient (Wildman–Crippen LogP) is 0.697. The first-order valence-corrected chi connectivity index (χ1v) is 6.41. The summed E-state index contributed by atoms with van der Waals surface area (Å²) in [7, 11) is 0. The molecular formula is C13H20N2O5. The van der Waals surface area contributed by atoms with Crippen LogP contribution in [-0.4, -0.2) is 47.0 Å². The highest BCUT2D eigenvalue weighted by Crippen LogP contribution is 2.17. The fourth-order valence-corrected chi connectivity index (χ4v) is 1.66. The van der Waals surface area contributed by atoms with Crippen molar-refractivity contribution in [1.29, 1.82) is 0 Å². The number of aliphatic hydroxyl groups is 2. The Labute approximate surface area is 117 Å². The molecule has 0 saturated heterocycles. The second-order valence-electron chi connectivity index (χ2n) is 4.48. The summed E-state index contributed by atoms with van der Waals surface area (Å²) in [6, 6.07) is 5.81. The maximum atomic E-state index is 10.5. The standard InChI is InChI=1S/C13H20N2O5/c1-2-13(9-16,10-17)14-7-8-20-12-5-3-11(4-6-12)15(18)19/h3-6,14,16-17H,2,7-10H2,1H3. The molecule has 0 aromatic heterocycles. The number of rotatable bonds is 9. The minimum absolute atomic E-state index is 0.0148. The van der Waals surface area contributed by atoms with Gasteiger partial charge < -0.3 is 20.3 Å². The maximum Gasteiger partial charge on any atom is 0.269 e. The van der Waals surface area contributed by atoms with Crippen LogP contribution in [0.2, 0.25) is 0 Å². The normalized spacial score (nSPS) is 11.3. The summed E-state index contributed by atoms with van der Waals surface area (Å²) in [5, 5.41) is 32.0. The number of hydrogen-bond acceptors (Lipinski definition) is 6. The van der Waals surface area contributed by atoms with Crippen LogP contribution in [-0.2, 0) is 0 Å². The van der Waals surface area contributed by atoms with Gasteiger partial charge in [0.05, 0.1) is 23.7 Å². The first kappa shape index (κ1) is 16.4. The van der Waals surface area contributed by atoms with E-state index in [2.05, 4.69) is 5.32 Å². The van der Waals surface area contributed by atoms with Crippen molar-refractivity contribution in [1.82, 2.24) is 5.32 Å². The van der Waals surface area contributed by atoms with Gasteiger partial charge in [0.15, 0.2) is 0 Å². The van der Waals surface area contributed by atoms with Crippen LogP contribution < -0.4 is 10.1 Å². The Balaban J connectivity index is 2.39. The van der Waals surface area contributed by atoms with Crippen LogP contribution in [0.1, 0.15) is 13.3 Å². The molecule has 3 N–H and O–H groups in total. The van der Waals surface area contributed by atoms with Crippen molar-refractivity contribution in [2.75, 3.05) is 26.4 Å². The summed E-state index contributed by atoms with van der Waals surface area (Å²) in [5.74, 6) is 0.535. The molecule has 0 amide bonds. The molecule has 0 fully saturated rings. The molecule has 0 aliphatic heterocycles. The number of benzene rings is 1. The van der Waals surface area contributed by atoms with Gasteiger partial charge in [-0.2, -0.15) is 0 Å². The van der Waals surface area contributed by atoms with Gasteiger partial charge in [-0.05, 0) is 18.6 Å². The number of aliphatic hydroxyl groups excluding tert-OH is 2. The quantitative estimate of drug-likeness (QED) is 0.350. The number of nitro benzene ring substituents is 1. The van der Waals surface area contributed by atoms with Crippen molar-refractivity contribution in [3.05, 3.63) is 34.4 Å². The monoisotopic (exact) mass is 284 g/mol. The van der Waals surface area contributed by atoms with Gasteiger partial charge in [0.2, 0.25) is 0 Å². The van der Waals surface area contributed by atoms with Crippen LogP contribution in [0.25, 0.3) is 0 Å². The lowest BCUT2D eigenvalue weighted by molar-refractivity contribution is -0.384. The number of nitro groups is 1. The number of non-ortho nitro benzene ring substituents is 1. The lowest BCUT2D eigenvalue weighted by Crippen LogP contribution is -2.52. The van der Waals surface area contributed by atoms with E-state index in [1.54, 1.807) is 0 Å². The van der Waals surface area contributed by atoms with Crippen LogP contribution in [0.5, 0.6) is 5.75 Å². The summed E-state index contributed by atoms with van der Waals surface area (Å²) in [4.78, 5) is 10.0. The maximum absolute atomic E-state index is 10.5. The first-order chi connectivity index (χ1) is 9.56. The van der Waals surface area contributed by atoms with E-state index in [0.29, 0.717) is 25.3 Å². The number of nitrogens with one attached hydrogen (secondary N) is 1. The fraction of sp³-hybridized carbons (Fsp3) is 0.538. The zero-order valence-corrected chi connectivity index (χ0v) is 11.4. The molecule has 0 unspecified atom stereocenters. The van der Waals surface area contributed by atoms with Crippen LogP contribution >= 0.6 is 0 Å². The second-order valence-corrected chi connectivity index (χ2v) is 4.48. The Kier molecular flexibility index (Phi) is 6.37. The zero-order chi connectivity index (χ0) is 15.0. The minimum Gasteiger partial charge on any atom is -0.492 e. The molecule has 1 rings (SSSR count). The van der Waals surface area contributed by atoms with Crippen molar-refractivity contribution in [2.24, 2.45) is 0 Å². The summed E-state index contributed by atoms with van der Waals surface area (Å²) in [5.41, 5.74) is -0.681. The van der Waals surface area contributed by atoms with E-state index in [0.717, 1.165) is 0 Å². The molecular weight excluding hydrogens is 264 g/mol. The van der Waals surface area contributed by atoms with E-state index in [4.69, 9.17) is 4.74 Å². The lowest BCUT2D eigenvalue weighted by Gasteiger charge is -2.29. The molecule has 7 heteroatoms. The fourth-order valence-electron chi connectivity index (χ4n) is 1.66. The largest absolute Gasteiger partial charge is 0.492 e. The zero-order valence-electron chi connectivity index (χ0n) is 11.4. The average molecular weight is 284 g/mol. The average Bonchev–Trinajstić information content (AvgIpc) is 2.49. The Morgan fingerprint density at radius 3 is 2.35 bits per heavy atom. The summed E-state index contributed by atoms with van der Waals surface area (Å²) in [6.45, 7) is 2.34. The molecule has 0 aliphatic rings. The van der Waals surface area contributed by atoms with Gasteiger partial charge in [-0.1, -0.05) is 6.92 Å². The van der Waals surface area contributed by atoms with Crippen molar-refractivity contribution >= 4 is 5.69 Å². The minimum atomic E-state index is -0.696. The van der Waals surface area contributed by atoms with Crippen LogP contribution in [0.3, 0.4) is 0 Å². The topological polar surface area (TPSA) is 105 Å². The molecule has 20 heavy (non-hydrogen) atoms. The van der Waals surface area contributed by atoms with Crippen LogP contribution in [0, 0.1) is 10.1 Å². The molecule has 1 aromatic rings. The highest BCUT2D eigenvalue weighted by molar-refractivity contribution is 5.35. The van der Waals surface area contributed by atoms with E-state index in [1.807, 2.05) is 6.92 Å². The smallest absolute Gasteiger partial charge is 0.269 e. The van der Waals surface area contributed by atoms with Crippen molar-refractivity contribution in [3.63, 3.8) is 0 Å². The Bertz CT molecular complexity index is 409. The summed E-state index contributed by atoms with van der Waals surface area (Å²) >= 11 is 0. The SMILES string of the molecule is CCC(CO)(CO)NCCOc1ccc([N+](=O)[O-])cc1. The molecule has 0 radical (unpaired) electrons. The van der Waals surface area contributed by atoms with Gasteiger partial charge in [0, 0.05) is 18.7 Å². The highest BCUT2D eigenvalue weighted by atomic mass is 16.6. The molecule has 112 valence electrons. The first-order valence-electron chi connectivity index (χ1n) is 6.41. The molecule has 7 nitrogen and oxygen atoms in total. The Hall–Kier alpha value is -1.70. The van der Waals surface area contributed by atoms with E-state index < -0.39 is 10.5 Å². The second kappa shape index (κ2) is 7.78. The predicted molar refractivity (Wildman–Crippen MR) is 73.8 cm³/mol. The Morgan fingerprint density at radius 2 is 1.90 bits per heavy atom. The summed E-state index contributed by atoms with van der Waals surface area (Å²) in [6.07, 6.45) is 0.595. The van der Waals surface area contributed by atoms with Gasteiger partial charge in [-0.3, -0.25) is 10.1 Å². The number of ether oxygens (including phenoxy) is 1. The van der Waals surface area contributed by atoms with Gasteiger partial charge in [-0.25, -0.2) is 0 Å². The molecule has 0 aliphatic carbocycles. The van der Waals surface area contributed by atoms with Gasteiger partial charge in [0.1, 0.15) is 12.4 Å². The van der Waals surface area contributed by atoms with E-state index in [9.17, 15) is 20.3 Å². The molecule has 1 aromatic carbocycles. The van der Waals surface area contributed by atoms with Crippen molar-refractivity contribution in [3.8, 4) is 5.75 Å². The van der Waals surface area contributed by atoms with E-state index >= 15 is 0 Å². The van der Waals surface area contributed by atoms with Crippen LogP contribution in [0.4, 0.5) is 5.69 Å². The molecule has 0 bridgehead atoms. The van der Waals surface area contributed by atoms with Gasteiger partial charge in [0.25, 0.3) is 5.69 Å². The molecule has 0 atom stereocenters. The van der Waals surface area contributed by atoms with Crippen molar-refractivity contribution in [2.45, 2.75) is 18.9 Å². The lowest BCUT2D eigenvalue weighted by atomic mass is 9.99. The molecule has 0 saturated carbocycles. The third-order valence-corrected chi connectivity index (χ3v) is 3.20. The molecule has 0 heterocycles.